The highest BCUT2D eigenvalue weighted by Gasteiger charge is 2.03. The Hall–Kier alpha value is -2.52. The Morgan fingerprint density at radius 3 is 2.13 bits per heavy atom. The minimum atomic E-state index is 1.07. The lowest BCUT2D eigenvalue weighted by atomic mass is 10.2. The first-order valence-corrected chi connectivity index (χ1v) is 8.29. The monoisotopic (exact) mass is 318 g/mol. The predicted octanol–water partition coefficient (Wildman–Crippen LogP) is 5.31. The highest BCUT2D eigenvalue weighted by Crippen LogP contribution is 2.29. The molecule has 114 valence electrons. The van der Waals surface area contributed by atoms with Gasteiger partial charge < -0.3 is 0 Å². The largest absolute Gasteiger partial charge is 0.269 e. The summed E-state index contributed by atoms with van der Waals surface area (Å²) in [5, 5.41) is 6.44. The summed E-state index contributed by atoms with van der Waals surface area (Å²) in [6.07, 6.45) is 1.91. The van der Waals surface area contributed by atoms with E-state index in [0.29, 0.717) is 0 Å². The van der Waals surface area contributed by atoms with Crippen molar-refractivity contribution in [3.63, 3.8) is 0 Å². The Labute approximate surface area is 141 Å². The van der Waals surface area contributed by atoms with Crippen molar-refractivity contribution >= 4 is 23.7 Å². The second kappa shape index (κ2) is 7.65. The van der Waals surface area contributed by atoms with E-state index in [-0.39, 0.29) is 0 Å². The van der Waals surface area contributed by atoms with E-state index in [2.05, 4.69) is 47.6 Å². The molecule has 0 unspecified atom stereocenters. The summed E-state index contributed by atoms with van der Waals surface area (Å²) in [5.74, 6) is 0. The summed E-state index contributed by atoms with van der Waals surface area (Å²) in [5.41, 5.74) is 2.18. The van der Waals surface area contributed by atoms with Crippen LogP contribution in [0.25, 0.3) is 0 Å². The summed E-state index contributed by atoms with van der Waals surface area (Å²) in [6, 6.07) is 28.8. The Morgan fingerprint density at radius 1 is 0.783 bits per heavy atom. The third-order valence-corrected chi connectivity index (χ3v) is 4.49. The van der Waals surface area contributed by atoms with Crippen LogP contribution in [0.5, 0.6) is 0 Å². The molecule has 0 fully saturated rings. The van der Waals surface area contributed by atoms with Crippen LogP contribution in [0.1, 0.15) is 5.56 Å². The second-order valence-corrected chi connectivity index (χ2v) is 6.17. The predicted molar refractivity (Wildman–Crippen MR) is 99.4 cm³/mol. The van der Waals surface area contributed by atoms with Crippen LogP contribution >= 0.6 is 11.8 Å². The second-order valence-electron chi connectivity index (χ2n) is 5.06. The topological polar surface area (TPSA) is 15.6 Å². The lowest BCUT2D eigenvalue weighted by Crippen LogP contribution is -2.08. The van der Waals surface area contributed by atoms with Crippen LogP contribution in [0.2, 0.25) is 0 Å². The molecule has 3 aromatic carbocycles. The van der Waals surface area contributed by atoms with Crippen LogP contribution < -0.4 is 5.01 Å². The Balaban J connectivity index is 1.79. The van der Waals surface area contributed by atoms with E-state index in [0.717, 1.165) is 11.3 Å². The molecule has 0 bridgehead atoms. The number of hydrogen-bond donors (Lipinski definition) is 0. The van der Waals surface area contributed by atoms with Gasteiger partial charge in [-0.3, -0.25) is 5.01 Å². The van der Waals surface area contributed by atoms with Gasteiger partial charge in [-0.15, -0.1) is 0 Å². The maximum Gasteiger partial charge on any atom is 0.0590 e. The molecule has 0 heterocycles. The first-order valence-electron chi connectivity index (χ1n) is 7.47. The van der Waals surface area contributed by atoms with Crippen molar-refractivity contribution in [3.8, 4) is 0 Å². The molecule has 0 saturated carbocycles. The summed E-state index contributed by atoms with van der Waals surface area (Å²) in [4.78, 5) is 2.42. The van der Waals surface area contributed by atoms with Gasteiger partial charge in [0.05, 0.1) is 11.9 Å². The van der Waals surface area contributed by atoms with Crippen LogP contribution in [0.15, 0.2) is 99.8 Å². The standard InChI is InChI=1S/C20H18N2S/c1-22(18-11-4-2-5-12-18)21-16-17-10-8-9-15-20(17)23-19-13-6-3-7-14-19/h2-16H,1H3/b21-16-. The molecular formula is C20H18N2S. The molecule has 0 aliphatic carbocycles. The summed E-state index contributed by atoms with van der Waals surface area (Å²) in [7, 11) is 1.96. The maximum absolute atomic E-state index is 4.56. The van der Waals surface area contributed by atoms with E-state index in [4.69, 9.17) is 0 Å². The van der Waals surface area contributed by atoms with Gasteiger partial charge in [0.25, 0.3) is 0 Å². The van der Waals surface area contributed by atoms with E-state index in [1.54, 1.807) is 11.8 Å². The van der Waals surface area contributed by atoms with Gasteiger partial charge in [0, 0.05) is 22.4 Å². The number of hydrazone groups is 1. The maximum atomic E-state index is 4.56. The van der Waals surface area contributed by atoms with Gasteiger partial charge in [0.15, 0.2) is 0 Å². The fourth-order valence-corrected chi connectivity index (χ4v) is 3.09. The van der Waals surface area contributed by atoms with Crippen LogP contribution in [0.3, 0.4) is 0 Å². The number of rotatable bonds is 5. The molecule has 0 N–H and O–H groups in total. The molecule has 0 aromatic heterocycles. The van der Waals surface area contributed by atoms with E-state index in [1.165, 1.54) is 9.79 Å². The molecule has 0 radical (unpaired) electrons. The summed E-state index contributed by atoms with van der Waals surface area (Å²) >= 11 is 1.75. The van der Waals surface area contributed by atoms with Crippen LogP contribution in [0.4, 0.5) is 5.69 Å². The molecule has 3 rings (SSSR count). The third-order valence-electron chi connectivity index (χ3n) is 3.39. The fraction of sp³-hybridized carbons (Fsp3) is 0.0500. The van der Waals surface area contributed by atoms with E-state index < -0.39 is 0 Å². The minimum Gasteiger partial charge on any atom is -0.269 e. The van der Waals surface area contributed by atoms with Gasteiger partial charge in [-0.05, 0) is 30.3 Å². The van der Waals surface area contributed by atoms with Gasteiger partial charge in [0.2, 0.25) is 0 Å². The third kappa shape index (κ3) is 4.24. The van der Waals surface area contributed by atoms with Gasteiger partial charge in [-0.25, -0.2) is 0 Å². The molecule has 0 atom stereocenters. The highest BCUT2D eigenvalue weighted by atomic mass is 32.2. The van der Waals surface area contributed by atoms with Crippen molar-refractivity contribution in [2.24, 2.45) is 5.10 Å². The van der Waals surface area contributed by atoms with Gasteiger partial charge in [-0.1, -0.05) is 66.4 Å². The quantitative estimate of drug-likeness (QED) is 0.468. The lowest BCUT2D eigenvalue weighted by Gasteiger charge is -2.12. The molecule has 0 amide bonds. The normalized spacial score (nSPS) is 10.8. The molecular weight excluding hydrogens is 300 g/mol. The average molecular weight is 318 g/mol. The number of para-hydroxylation sites is 1. The van der Waals surface area contributed by atoms with Crippen LogP contribution in [-0.2, 0) is 0 Å². The highest BCUT2D eigenvalue weighted by molar-refractivity contribution is 7.99. The zero-order valence-electron chi connectivity index (χ0n) is 13.0. The average Bonchev–Trinajstić information content (AvgIpc) is 2.62. The SMILES string of the molecule is CN(/N=C\c1ccccc1Sc1ccccc1)c1ccccc1. The number of benzene rings is 3. The van der Waals surface area contributed by atoms with Crippen molar-refractivity contribution in [3.05, 3.63) is 90.5 Å². The van der Waals surface area contributed by atoms with Gasteiger partial charge >= 0.3 is 0 Å². The summed E-state index contributed by atoms with van der Waals surface area (Å²) < 4.78 is 0. The number of anilines is 1. The van der Waals surface area contributed by atoms with Crippen molar-refractivity contribution in [1.29, 1.82) is 0 Å². The summed E-state index contributed by atoms with van der Waals surface area (Å²) in [6.45, 7) is 0. The Kier molecular flexibility index (Phi) is 5.12. The van der Waals surface area contributed by atoms with Crippen molar-refractivity contribution in [1.82, 2.24) is 0 Å². The zero-order chi connectivity index (χ0) is 15.9. The first-order chi connectivity index (χ1) is 11.3. The minimum absolute atomic E-state index is 1.07. The molecule has 3 aromatic rings. The van der Waals surface area contributed by atoms with E-state index in [1.807, 2.05) is 60.7 Å². The molecule has 0 spiro atoms. The molecule has 23 heavy (non-hydrogen) atoms. The molecule has 3 heteroatoms. The van der Waals surface area contributed by atoms with Crippen molar-refractivity contribution < 1.29 is 0 Å². The van der Waals surface area contributed by atoms with Gasteiger partial charge in [-0.2, -0.15) is 5.10 Å². The van der Waals surface area contributed by atoms with E-state index in [9.17, 15) is 0 Å². The molecule has 0 saturated heterocycles. The van der Waals surface area contributed by atoms with E-state index >= 15 is 0 Å². The number of hydrogen-bond acceptors (Lipinski definition) is 3. The lowest BCUT2D eigenvalue weighted by molar-refractivity contribution is 1.02. The van der Waals surface area contributed by atoms with Crippen LogP contribution in [0, 0.1) is 0 Å². The van der Waals surface area contributed by atoms with Crippen LogP contribution in [-0.4, -0.2) is 13.3 Å². The molecule has 2 nitrogen and oxygen atoms in total. The van der Waals surface area contributed by atoms with Gasteiger partial charge in [0.1, 0.15) is 0 Å². The Bertz CT molecular complexity index is 770. The zero-order valence-corrected chi connectivity index (χ0v) is 13.8. The smallest absolute Gasteiger partial charge is 0.0590 e. The van der Waals surface area contributed by atoms with Crippen molar-refractivity contribution in [2.45, 2.75) is 9.79 Å². The molecule has 0 aliphatic rings. The fourth-order valence-electron chi connectivity index (χ4n) is 2.15. The first kappa shape index (κ1) is 15.4. The molecule has 0 aliphatic heterocycles. The Morgan fingerprint density at radius 2 is 1.39 bits per heavy atom. The number of nitrogens with zero attached hydrogens (tertiary/aromatic N) is 2. The van der Waals surface area contributed by atoms with Crippen molar-refractivity contribution in [2.75, 3.05) is 12.1 Å².